The van der Waals surface area contributed by atoms with Gasteiger partial charge in [-0.3, -0.25) is 0 Å². The van der Waals surface area contributed by atoms with Gasteiger partial charge in [0.15, 0.2) is 0 Å². The fourth-order valence-electron chi connectivity index (χ4n) is 1.62. The van der Waals surface area contributed by atoms with Crippen LogP contribution in [0.3, 0.4) is 0 Å². The first-order valence-electron chi connectivity index (χ1n) is 4.24. The van der Waals surface area contributed by atoms with Crippen LogP contribution in [0.4, 0.5) is 0 Å². The van der Waals surface area contributed by atoms with E-state index in [2.05, 4.69) is 0 Å². The van der Waals surface area contributed by atoms with Gasteiger partial charge in [-0.2, -0.15) is 0 Å². The van der Waals surface area contributed by atoms with Gasteiger partial charge in [0.25, 0.3) is 0 Å². The van der Waals surface area contributed by atoms with E-state index in [0.29, 0.717) is 0 Å². The van der Waals surface area contributed by atoms with Gasteiger partial charge >= 0.3 is 5.97 Å². The van der Waals surface area contributed by atoms with Crippen LogP contribution in [0.1, 0.15) is 26.7 Å². The van der Waals surface area contributed by atoms with Gasteiger partial charge in [-0.15, -0.1) is 0 Å². The molecule has 3 nitrogen and oxygen atoms in total. The predicted octanol–water partition coefficient (Wildman–Crippen LogP) is 1.38. The second kappa shape index (κ2) is 2.59. The van der Waals surface area contributed by atoms with Crippen LogP contribution < -0.4 is 0 Å². The Balaban J connectivity index is 2.23. The molecular formula is C9H12O3. The summed E-state index contributed by atoms with van der Waals surface area (Å²) in [6.07, 6.45) is 1.75. The van der Waals surface area contributed by atoms with Gasteiger partial charge in [0.05, 0.1) is 6.10 Å². The molecule has 1 fully saturated rings. The summed E-state index contributed by atoms with van der Waals surface area (Å²) >= 11 is 0. The number of esters is 1. The van der Waals surface area contributed by atoms with Crippen LogP contribution in [0.2, 0.25) is 0 Å². The molecule has 2 aliphatic heterocycles. The highest BCUT2D eigenvalue weighted by Crippen LogP contribution is 2.32. The molecule has 2 atom stereocenters. The lowest BCUT2D eigenvalue weighted by atomic mass is 10.0. The smallest absolute Gasteiger partial charge is 0.336 e. The maximum absolute atomic E-state index is 11.1. The van der Waals surface area contributed by atoms with Crippen molar-refractivity contribution in [3.8, 4) is 0 Å². The molecule has 12 heavy (non-hydrogen) atoms. The molecule has 0 aromatic rings. The van der Waals surface area contributed by atoms with Crippen LogP contribution in [0.15, 0.2) is 11.1 Å². The highest BCUT2D eigenvalue weighted by molar-refractivity contribution is 5.91. The summed E-state index contributed by atoms with van der Waals surface area (Å²) < 4.78 is 10.5. The molecule has 3 heteroatoms. The third-order valence-electron chi connectivity index (χ3n) is 2.46. The molecule has 0 saturated carbocycles. The Morgan fingerprint density at radius 1 is 1.50 bits per heavy atom. The first-order chi connectivity index (χ1) is 5.68. The van der Waals surface area contributed by atoms with Crippen LogP contribution in [-0.2, 0) is 14.3 Å². The lowest BCUT2D eigenvalue weighted by molar-refractivity contribution is -0.172. The third kappa shape index (κ3) is 1.05. The Kier molecular flexibility index (Phi) is 1.68. The molecule has 0 amide bonds. The van der Waals surface area contributed by atoms with Gasteiger partial charge < -0.3 is 9.47 Å². The zero-order chi connectivity index (χ0) is 8.72. The molecule has 2 heterocycles. The molecule has 0 bridgehead atoms. The van der Waals surface area contributed by atoms with Gasteiger partial charge in [-0.05, 0) is 26.7 Å². The zero-order valence-corrected chi connectivity index (χ0v) is 7.29. The van der Waals surface area contributed by atoms with Gasteiger partial charge in [0.1, 0.15) is 0 Å². The SMILES string of the molecule is CC1=C2CC[C@@H](C)OC2OC1=O. The first-order valence-corrected chi connectivity index (χ1v) is 4.24. The molecule has 1 saturated heterocycles. The van der Waals surface area contributed by atoms with Crippen LogP contribution >= 0.6 is 0 Å². The van der Waals surface area contributed by atoms with Crippen LogP contribution in [-0.4, -0.2) is 18.4 Å². The van der Waals surface area contributed by atoms with Crippen molar-refractivity contribution >= 4 is 5.97 Å². The van der Waals surface area contributed by atoms with E-state index in [1.54, 1.807) is 6.92 Å². The first kappa shape index (κ1) is 7.80. The summed E-state index contributed by atoms with van der Waals surface area (Å²) in [4.78, 5) is 11.1. The Morgan fingerprint density at radius 3 is 3.00 bits per heavy atom. The summed E-state index contributed by atoms with van der Waals surface area (Å²) in [6, 6.07) is 0. The average Bonchev–Trinajstić information content (AvgIpc) is 2.28. The highest BCUT2D eigenvalue weighted by Gasteiger charge is 2.35. The molecule has 0 aliphatic carbocycles. The van der Waals surface area contributed by atoms with Crippen LogP contribution in [0.5, 0.6) is 0 Å². The van der Waals surface area contributed by atoms with E-state index in [4.69, 9.17) is 9.47 Å². The van der Waals surface area contributed by atoms with Gasteiger partial charge in [0.2, 0.25) is 6.29 Å². The standard InChI is InChI=1S/C9H12O3/c1-5-3-4-7-6(2)8(10)12-9(7)11-5/h5,9H,3-4H2,1-2H3/t5-,9?/m1/s1. The average molecular weight is 168 g/mol. The fraction of sp³-hybridized carbons (Fsp3) is 0.667. The monoisotopic (exact) mass is 168 g/mol. The van der Waals surface area contributed by atoms with Crippen molar-refractivity contribution in [3.63, 3.8) is 0 Å². The van der Waals surface area contributed by atoms with E-state index in [0.717, 1.165) is 24.0 Å². The van der Waals surface area contributed by atoms with Gasteiger partial charge in [0, 0.05) is 11.1 Å². The minimum atomic E-state index is -0.374. The van der Waals surface area contributed by atoms with E-state index >= 15 is 0 Å². The molecule has 2 rings (SSSR count). The summed E-state index contributed by atoms with van der Waals surface area (Å²) in [7, 11) is 0. The molecule has 0 spiro atoms. The van der Waals surface area contributed by atoms with Crippen molar-refractivity contribution in [1.82, 2.24) is 0 Å². The number of ether oxygens (including phenoxy) is 2. The summed E-state index contributed by atoms with van der Waals surface area (Å²) in [5.74, 6) is -0.218. The van der Waals surface area contributed by atoms with Crippen molar-refractivity contribution in [2.24, 2.45) is 0 Å². The molecular weight excluding hydrogens is 156 g/mol. The van der Waals surface area contributed by atoms with Crippen LogP contribution in [0, 0.1) is 0 Å². The minimum Gasteiger partial charge on any atom is -0.428 e. The Hall–Kier alpha value is -0.830. The molecule has 0 N–H and O–H groups in total. The van der Waals surface area contributed by atoms with Crippen molar-refractivity contribution in [3.05, 3.63) is 11.1 Å². The Labute approximate surface area is 71.3 Å². The van der Waals surface area contributed by atoms with E-state index in [9.17, 15) is 4.79 Å². The number of rotatable bonds is 0. The largest absolute Gasteiger partial charge is 0.428 e. The summed E-state index contributed by atoms with van der Waals surface area (Å²) in [5.41, 5.74) is 1.78. The van der Waals surface area contributed by atoms with Gasteiger partial charge in [-0.25, -0.2) is 4.79 Å². The summed E-state index contributed by atoms with van der Waals surface area (Å²) in [6.45, 7) is 3.80. The lowest BCUT2D eigenvalue weighted by Crippen LogP contribution is -2.27. The number of carbonyl (C=O) groups is 1. The third-order valence-corrected chi connectivity index (χ3v) is 2.46. The molecule has 0 radical (unpaired) electrons. The van der Waals surface area contributed by atoms with Crippen molar-refractivity contribution < 1.29 is 14.3 Å². The molecule has 0 aromatic carbocycles. The van der Waals surface area contributed by atoms with Gasteiger partial charge in [-0.1, -0.05) is 0 Å². The van der Waals surface area contributed by atoms with Crippen molar-refractivity contribution in [2.75, 3.05) is 0 Å². The zero-order valence-electron chi connectivity index (χ0n) is 7.29. The topological polar surface area (TPSA) is 35.5 Å². The highest BCUT2D eigenvalue weighted by atomic mass is 16.7. The molecule has 2 aliphatic rings. The lowest BCUT2D eigenvalue weighted by Gasteiger charge is -2.25. The molecule has 66 valence electrons. The molecule has 0 aromatic heterocycles. The summed E-state index contributed by atoms with van der Waals surface area (Å²) in [5, 5.41) is 0. The maximum Gasteiger partial charge on any atom is 0.336 e. The number of hydrogen-bond acceptors (Lipinski definition) is 3. The van der Waals surface area contributed by atoms with Crippen molar-refractivity contribution in [2.45, 2.75) is 39.1 Å². The van der Waals surface area contributed by atoms with E-state index in [-0.39, 0.29) is 18.4 Å². The normalized spacial score (nSPS) is 35.0. The maximum atomic E-state index is 11.1. The predicted molar refractivity (Wildman–Crippen MR) is 42.4 cm³/mol. The Bertz CT molecular complexity index is 254. The second-order valence-corrected chi connectivity index (χ2v) is 3.37. The number of hydrogen-bond donors (Lipinski definition) is 0. The second-order valence-electron chi connectivity index (χ2n) is 3.37. The van der Waals surface area contributed by atoms with Crippen LogP contribution in [0.25, 0.3) is 0 Å². The van der Waals surface area contributed by atoms with Crippen molar-refractivity contribution in [1.29, 1.82) is 0 Å². The van der Waals surface area contributed by atoms with E-state index < -0.39 is 0 Å². The number of carbonyl (C=O) groups excluding carboxylic acids is 1. The van der Waals surface area contributed by atoms with E-state index in [1.165, 1.54) is 0 Å². The minimum absolute atomic E-state index is 0.206. The quantitative estimate of drug-likeness (QED) is 0.513. The number of fused-ring (bicyclic) bond motifs is 1. The fourth-order valence-corrected chi connectivity index (χ4v) is 1.62. The Morgan fingerprint density at radius 2 is 2.25 bits per heavy atom. The van der Waals surface area contributed by atoms with E-state index in [1.807, 2.05) is 6.92 Å². The molecule has 1 unspecified atom stereocenters.